The first-order valence-corrected chi connectivity index (χ1v) is 11.7. The molecule has 1 N–H and O–H groups in total. The summed E-state index contributed by atoms with van der Waals surface area (Å²) in [5.74, 6) is 2.76. The first kappa shape index (κ1) is 24.1. The van der Waals surface area contributed by atoms with Gasteiger partial charge < -0.3 is 14.8 Å². The van der Waals surface area contributed by atoms with Crippen molar-refractivity contribution in [3.8, 4) is 23.5 Å². The molecular weight excluding hydrogens is 404 g/mol. The number of hydrogen-bond acceptors (Lipinski definition) is 5. The van der Waals surface area contributed by atoms with E-state index in [1.165, 1.54) is 23.8 Å². The van der Waals surface area contributed by atoms with Gasteiger partial charge in [0.15, 0.2) is 0 Å². The van der Waals surface area contributed by atoms with Crippen LogP contribution in [0.15, 0.2) is 18.2 Å². The molecule has 0 bridgehead atoms. The van der Waals surface area contributed by atoms with Crippen molar-refractivity contribution < 1.29 is 19.1 Å². The fourth-order valence-electron chi connectivity index (χ4n) is 5.20. The molecule has 4 aliphatic rings. The zero-order valence-electron chi connectivity index (χ0n) is 19.9. The first-order valence-electron chi connectivity index (χ1n) is 11.7. The number of terminal acetylenes is 1. The number of carbonyl (C=O) groups excluding carboxylic acids is 2. The molecule has 1 aliphatic heterocycles. The number of methoxy groups -OCH3 is 1. The zero-order chi connectivity index (χ0) is 23.4. The summed E-state index contributed by atoms with van der Waals surface area (Å²) in [4.78, 5) is 26.4. The van der Waals surface area contributed by atoms with Gasteiger partial charge in [-0.1, -0.05) is 44.4 Å². The SMILES string of the molecule is C#CC1C[C@H]2[C@@H](OC(=O)[C@@H](NC)[C@@H](C)CC)CCC[C@H]2N1C(=O)OC.Cc1cc2ccc1-2. The number of likely N-dealkylation sites (N-methyl/N-ethyl adjacent to an activating group) is 1. The average molecular weight is 441 g/mol. The quantitative estimate of drug-likeness (QED) is 0.559. The fraction of sp³-hybridized carbons (Fsp3) is 0.615. The molecular formula is C26H36N2O4. The van der Waals surface area contributed by atoms with Crippen molar-refractivity contribution in [2.45, 2.75) is 77.1 Å². The van der Waals surface area contributed by atoms with E-state index in [1.807, 2.05) is 6.92 Å². The van der Waals surface area contributed by atoms with Crippen LogP contribution in [0.5, 0.6) is 0 Å². The third-order valence-corrected chi connectivity index (χ3v) is 7.31. The molecule has 3 aliphatic carbocycles. The van der Waals surface area contributed by atoms with Gasteiger partial charge in [-0.3, -0.25) is 9.69 Å². The van der Waals surface area contributed by atoms with Gasteiger partial charge in [0.2, 0.25) is 0 Å². The lowest BCUT2D eigenvalue weighted by Gasteiger charge is -2.37. The number of esters is 1. The van der Waals surface area contributed by atoms with E-state index in [-0.39, 0.29) is 42.0 Å². The normalized spacial score (nSPS) is 26.6. The molecule has 4 rings (SSSR count). The molecule has 1 amide bonds. The lowest BCUT2D eigenvalue weighted by molar-refractivity contribution is -0.158. The number of aryl methyl sites for hydroxylation is 1. The van der Waals surface area contributed by atoms with Gasteiger partial charge in [0.1, 0.15) is 12.1 Å². The van der Waals surface area contributed by atoms with Crippen LogP contribution >= 0.6 is 0 Å². The van der Waals surface area contributed by atoms with Gasteiger partial charge in [0.25, 0.3) is 0 Å². The fourth-order valence-corrected chi connectivity index (χ4v) is 5.20. The maximum absolute atomic E-state index is 12.6. The summed E-state index contributed by atoms with van der Waals surface area (Å²) in [6.07, 6.45) is 9.17. The molecule has 1 unspecified atom stereocenters. The predicted octanol–water partition coefficient (Wildman–Crippen LogP) is 4.15. The predicted molar refractivity (Wildman–Crippen MR) is 125 cm³/mol. The average Bonchev–Trinajstić information content (AvgIpc) is 3.17. The van der Waals surface area contributed by atoms with E-state index >= 15 is 0 Å². The molecule has 1 saturated carbocycles. The number of hydrogen-bond donors (Lipinski definition) is 1. The van der Waals surface area contributed by atoms with Crippen LogP contribution in [0.2, 0.25) is 0 Å². The molecule has 174 valence electrons. The number of fused-ring (bicyclic) bond motifs is 2. The molecule has 0 radical (unpaired) electrons. The summed E-state index contributed by atoms with van der Waals surface area (Å²) in [5, 5.41) is 3.07. The van der Waals surface area contributed by atoms with Gasteiger partial charge in [0.05, 0.1) is 13.2 Å². The lowest BCUT2D eigenvalue weighted by atomic mass is 9.82. The van der Waals surface area contributed by atoms with Gasteiger partial charge in [-0.2, -0.15) is 0 Å². The number of likely N-dealkylation sites (tertiary alicyclic amines) is 1. The monoisotopic (exact) mass is 440 g/mol. The van der Waals surface area contributed by atoms with Crippen LogP contribution in [0.4, 0.5) is 4.79 Å². The topological polar surface area (TPSA) is 67.9 Å². The van der Waals surface area contributed by atoms with Gasteiger partial charge in [-0.25, -0.2) is 4.79 Å². The highest BCUT2D eigenvalue weighted by atomic mass is 16.6. The largest absolute Gasteiger partial charge is 0.461 e. The second kappa shape index (κ2) is 10.4. The van der Waals surface area contributed by atoms with Gasteiger partial charge >= 0.3 is 12.1 Å². The number of nitrogens with one attached hydrogen (secondary N) is 1. The minimum atomic E-state index is -0.393. The highest BCUT2D eigenvalue weighted by Crippen LogP contribution is 2.41. The molecule has 6 nitrogen and oxygen atoms in total. The van der Waals surface area contributed by atoms with Crippen LogP contribution in [-0.4, -0.2) is 55.3 Å². The van der Waals surface area contributed by atoms with Crippen molar-refractivity contribution >= 4 is 12.1 Å². The highest BCUT2D eigenvalue weighted by molar-refractivity contribution is 5.80. The molecule has 6 atom stereocenters. The zero-order valence-corrected chi connectivity index (χ0v) is 19.9. The Kier molecular flexibility index (Phi) is 7.84. The summed E-state index contributed by atoms with van der Waals surface area (Å²) in [5.41, 5.74) is 4.36. The molecule has 0 aromatic rings. The second-order valence-electron chi connectivity index (χ2n) is 9.11. The van der Waals surface area contributed by atoms with Gasteiger partial charge in [-0.15, -0.1) is 6.42 Å². The minimum Gasteiger partial charge on any atom is -0.461 e. The van der Waals surface area contributed by atoms with Gasteiger partial charge in [-0.05, 0) is 62.3 Å². The van der Waals surface area contributed by atoms with Crippen LogP contribution in [0.1, 0.15) is 51.5 Å². The van der Waals surface area contributed by atoms with Crippen LogP contribution < -0.4 is 5.32 Å². The molecule has 1 heterocycles. The Morgan fingerprint density at radius 3 is 2.53 bits per heavy atom. The summed E-state index contributed by atoms with van der Waals surface area (Å²) in [6.45, 7) is 6.24. The Morgan fingerprint density at radius 2 is 2.09 bits per heavy atom. The Bertz CT molecular complexity index is 877. The van der Waals surface area contributed by atoms with E-state index in [9.17, 15) is 9.59 Å². The number of ether oxygens (including phenoxy) is 2. The first-order chi connectivity index (χ1) is 15.4. The van der Waals surface area contributed by atoms with Crippen LogP contribution in [0.3, 0.4) is 0 Å². The maximum Gasteiger partial charge on any atom is 0.410 e. The summed E-state index contributed by atoms with van der Waals surface area (Å²) in [6, 6.07) is 5.88. The Labute approximate surface area is 192 Å². The van der Waals surface area contributed by atoms with Crippen molar-refractivity contribution in [3.05, 3.63) is 23.8 Å². The summed E-state index contributed by atoms with van der Waals surface area (Å²) < 4.78 is 10.8. The number of amides is 1. The van der Waals surface area contributed by atoms with Crippen molar-refractivity contribution in [1.82, 2.24) is 10.2 Å². The summed E-state index contributed by atoms with van der Waals surface area (Å²) in [7, 11) is 3.15. The van der Waals surface area contributed by atoms with Crippen LogP contribution in [0, 0.1) is 31.1 Å². The smallest absolute Gasteiger partial charge is 0.410 e. The lowest BCUT2D eigenvalue weighted by Crippen LogP contribution is -2.48. The molecule has 32 heavy (non-hydrogen) atoms. The van der Waals surface area contributed by atoms with E-state index < -0.39 is 6.09 Å². The van der Waals surface area contributed by atoms with E-state index in [4.69, 9.17) is 15.9 Å². The van der Waals surface area contributed by atoms with Crippen molar-refractivity contribution in [3.63, 3.8) is 0 Å². The molecule has 2 fully saturated rings. The molecule has 0 spiro atoms. The van der Waals surface area contributed by atoms with Crippen molar-refractivity contribution in [2.75, 3.05) is 14.2 Å². The Balaban J connectivity index is 0.000000343. The maximum atomic E-state index is 12.6. The molecule has 0 aromatic carbocycles. The molecule has 6 heteroatoms. The standard InChI is InChI=1S/C19H30N2O4.C7H6/c1-6-12(3)17(20-4)18(22)25-16-10-8-9-15-14(16)11-13(7-2)21(15)19(23)24-5;1-5-4-6-2-3-7(5)6/h2,12-17,20H,6,8-11H2,1,3-5H3;2-4H,1H3/t12-,13?,14+,15+,16-,17-;/m0./s1. The van der Waals surface area contributed by atoms with Crippen LogP contribution in [0.25, 0.3) is 11.1 Å². The summed E-state index contributed by atoms with van der Waals surface area (Å²) >= 11 is 0. The van der Waals surface area contributed by atoms with Crippen LogP contribution in [-0.2, 0) is 14.3 Å². The third-order valence-electron chi connectivity index (χ3n) is 7.31. The highest BCUT2D eigenvalue weighted by Gasteiger charge is 2.50. The third kappa shape index (κ3) is 4.63. The second-order valence-corrected chi connectivity index (χ2v) is 9.11. The van der Waals surface area contributed by atoms with Crippen molar-refractivity contribution in [2.24, 2.45) is 11.8 Å². The number of rotatable bonds is 5. The Hall–Kier alpha value is -2.52. The number of carbonyl (C=O) groups is 2. The van der Waals surface area contributed by atoms with Gasteiger partial charge in [0, 0.05) is 12.0 Å². The number of benzene rings is 1. The Morgan fingerprint density at radius 1 is 1.34 bits per heavy atom. The molecule has 1 saturated heterocycles. The number of nitrogens with zero attached hydrogens (tertiary/aromatic N) is 1. The molecule has 0 aromatic heterocycles. The van der Waals surface area contributed by atoms with E-state index in [1.54, 1.807) is 11.9 Å². The minimum absolute atomic E-state index is 0.0170. The van der Waals surface area contributed by atoms with Crippen molar-refractivity contribution in [1.29, 1.82) is 0 Å². The van der Waals surface area contributed by atoms with E-state index in [2.05, 4.69) is 43.3 Å². The van der Waals surface area contributed by atoms with E-state index in [0.29, 0.717) is 6.42 Å². The van der Waals surface area contributed by atoms with E-state index in [0.717, 1.165) is 25.7 Å².